The fourth-order valence-corrected chi connectivity index (χ4v) is 2.97. The monoisotopic (exact) mass is 299 g/mol. The molecule has 84 valence electrons. The smallest absolute Gasteiger partial charge is 0.126 e. The number of rotatable bonds is 2. The molecule has 1 aromatic carbocycles. The molecule has 0 bridgehead atoms. The zero-order chi connectivity index (χ0) is 11.7. The van der Waals surface area contributed by atoms with Gasteiger partial charge in [-0.2, -0.15) is 0 Å². The Hall–Kier alpha value is -0.710. The van der Waals surface area contributed by atoms with Crippen LogP contribution in [-0.2, 0) is 0 Å². The molecule has 2 N–H and O–H groups in total. The van der Waals surface area contributed by atoms with E-state index in [9.17, 15) is 4.39 Å². The quantitative estimate of drug-likeness (QED) is 0.891. The molecule has 0 aliphatic heterocycles. The topological polar surface area (TPSA) is 26.0 Å². The van der Waals surface area contributed by atoms with Crippen LogP contribution in [0.25, 0.3) is 0 Å². The van der Waals surface area contributed by atoms with Gasteiger partial charge in [0.15, 0.2) is 0 Å². The van der Waals surface area contributed by atoms with Crippen molar-refractivity contribution in [3.8, 4) is 0 Å². The first-order chi connectivity index (χ1) is 7.58. The highest BCUT2D eigenvalue weighted by molar-refractivity contribution is 9.11. The molecule has 16 heavy (non-hydrogen) atoms. The lowest BCUT2D eigenvalue weighted by Gasteiger charge is -2.10. The van der Waals surface area contributed by atoms with E-state index in [-0.39, 0.29) is 11.9 Å². The van der Waals surface area contributed by atoms with Gasteiger partial charge in [0, 0.05) is 4.88 Å². The van der Waals surface area contributed by atoms with Crippen molar-refractivity contribution in [1.82, 2.24) is 0 Å². The first kappa shape index (κ1) is 11.8. The number of thiophene rings is 1. The molecule has 1 heterocycles. The fraction of sp³-hybridized carbons (Fsp3) is 0.167. The molecular formula is C12H11BrFNS. The second-order valence-electron chi connectivity index (χ2n) is 3.63. The van der Waals surface area contributed by atoms with Crippen molar-refractivity contribution < 1.29 is 4.39 Å². The van der Waals surface area contributed by atoms with Crippen LogP contribution in [0.4, 0.5) is 4.39 Å². The molecule has 1 unspecified atom stereocenters. The Balaban J connectivity index is 2.33. The predicted molar refractivity (Wildman–Crippen MR) is 69.2 cm³/mol. The standard InChI is InChI=1S/C12H11BrFNS/c1-7-6-8(2-3-9(7)14)12(15)10-4-5-11(13)16-10/h2-6,12H,15H2,1H3. The van der Waals surface area contributed by atoms with Crippen LogP contribution < -0.4 is 5.73 Å². The highest BCUT2D eigenvalue weighted by Gasteiger charge is 2.12. The Morgan fingerprint density at radius 2 is 2.06 bits per heavy atom. The van der Waals surface area contributed by atoms with Crippen LogP contribution >= 0.6 is 27.3 Å². The molecule has 0 radical (unpaired) electrons. The third-order valence-corrected chi connectivity index (χ3v) is 4.15. The van der Waals surface area contributed by atoms with Gasteiger partial charge in [-0.25, -0.2) is 4.39 Å². The molecule has 0 spiro atoms. The summed E-state index contributed by atoms with van der Waals surface area (Å²) in [6.45, 7) is 1.75. The molecular weight excluding hydrogens is 289 g/mol. The van der Waals surface area contributed by atoms with E-state index in [4.69, 9.17) is 5.73 Å². The summed E-state index contributed by atoms with van der Waals surface area (Å²) in [5, 5.41) is 0. The van der Waals surface area contributed by atoms with E-state index in [1.807, 2.05) is 12.1 Å². The Labute approximate surface area is 106 Å². The summed E-state index contributed by atoms with van der Waals surface area (Å²) in [6.07, 6.45) is 0. The summed E-state index contributed by atoms with van der Waals surface area (Å²) in [7, 11) is 0. The van der Waals surface area contributed by atoms with Crippen LogP contribution in [0.15, 0.2) is 34.1 Å². The van der Waals surface area contributed by atoms with Gasteiger partial charge in [0.05, 0.1) is 9.83 Å². The molecule has 2 aromatic rings. The number of hydrogen-bond donors (Lipinski definition) is 1. The fourth-order valence-electron chi connectivity index (χ4n) is 1.52. The maximum Gasteiger partial charge on any atom is 0.126 e. The molecule has 0 fully saturated rings. The van der Waals surface area contributed by atoms with Gasteiger partial charge in [0.2, 0.25) is 0 Å². The summed E-state index contributed by atoms with van der Waals surface area (Å²) < 4.78 is 14.2. The number of halogens is 2. The first-order valence-electron chi connectivity index (χ1n) is 4.85. The Kier molecular flexibility index (Phi) is 3.42. The van der Waals surface area contributed by atoms with Crippen molar-refractivity contribution in [1.29, 1.82) is 0 Å². The lowest BCUT2D eigenvalue weighted by atomic mass is 10.0. The molecule has 1 atom stereocenters. The maximum atomic E-state index is 13.1. The summed E-state index contributed by atoms with van der Waals surface area (Å²) >= 11 is 5.00. The van der Waals surface area contributed by atoms with E-state index < -0.39 is 0 Å². The average molecular weight is 300 g/mol. The van der Waals surface area contributed by atoms with Crippen molar-refractivity contribution in [2.75, 3.05) is 0 Å². The Morgan fingerprint density at radius 3 is 2.62 bits per heavy atom. The number of nitrogens with two attached hydrogens (primary N) is 1. The summed E-state index contributed by atoms with van der Waals surface area (Å²) in [5.41, 5.74) is 7.68. The van der Waals surface area contributed by atoms with Gasteiger partial charge >= 0.3 is 0 Å². The number of aryl methyl sites for hydroxylation is 1. The van der Waals surface area contributed by atoms with Crippen LogP contribution in [0, 0.1) is 12.7 Å². The number of benzene rings is 1. The van der Waals surface area contributed by atoms with Crippen LogP contribution in [0.2, 0.25) is 0 Å². The van der Waals surface area contributed by atoms with Gasteiger partial charge in [0.1, 0.15) is 5.82 Å². The van der Waals surface area contributed by atoms with Gasteiger partial charge in [-0.3, -0.25) is 0 Å². The van der Waals surface area contributed by atoms with Crippen molar-refractivity contribution >= 4 is 27.3 Å². The Morgan fingerprint density at radius 1 is 1.31 bits per heavy atom. The minimum Gasteiger partial charge on any atom is -0.320 e. The lowest BCUT2D eigenvalue weighted by Crippen LogP contribution is -2.10. The SMILES string of the molecule is Cc1cc(C(N)c2ccc(Br)s2)ccc1F. The van der Waals surface area contributed by atoms with Crippen LogP contribution in [0.5, 0.6) is 0 Å². The van der Waals surface area contributed by atoms with Gasteiger partial charge < -0.3 is 5.73 Å². The largest absolute Gasteiger partial charge is 0.320 e. The van der Waals surface area contributed by atoms with E-state index in [1.54, 1.807) is 30.4 Å². The average Bonchev–Trinajstić information content (AvgIpc) is 2.68. The summed E-state index contributed by atoms with van der Waals surface area (Å²) in [5.74, 6) is -0.191. The summed E-state index contributed by atoms with van der Waals surface area (Å²) in [6, 6.07) is 8.77. The zero-order valence-corrected chi connectivity index (χ0v) is 11.1. The Bertz CT molecular complexity index is 509. The van der Waals surface area contributed by atoms with Crippen LogP contribution in [-0.4, -0.2) is 0 Å². The predicted octanol–water partition coefficient (Wildman–Crippen LogP) is 4.01. The lowest BCUT2D eigenvalue weighted by molar-refractivity contribution is 0.617. The molecule has 0 amide bonds. The van der Waals surface area contributed by atoms with Gasteiger partial charge in [0.25, 0.3) is 0 Å². The first-order valence-corrected chi connectivity index (χ1v) is 6.46. The minimum absolute atomic E-state index is 0.185. The molecule has 2 rings (SSSR count). The van der Waals surface area contributed by atoms with Gasteiger partial charge in [-0.15, -0.1) is 11.3 Å². The number of hydrogen-bond acceptors (Lipinski definition) is 2. The van der Waals surface area contributed by atoms with Crippen molar-refractivity contribution in [2.24, 2.45) is 5.73 Å². The molecule has 0 aliphatic rings. The van der Waals surface area contributed by atoms with E-state index in [0.29, 0.717) is 5.56 Å². The second-order valence-corrected chi connectivity index (χ2v) is 6.12. The highest BCUT2D eigenvalue weighted by Crippen LogP contribution is 2.30. The highest BCUT2D eigenvalue weighted by atomic mass is 79.9. The maximum absolute atomic E-state index is 13.1. The summed E-state index contributed by atoms with van der Waals surface area (Å²) in [4.78, 5) is 1.07. The van der Waals surface area contributed by atoms with E-state index in [2.05, 4.69) is 15.9 Å². The van der Waals surface area contributed by atoms with Gasteiger partial charge in [-0.05, 0) is 52.2 Å². The van der Waals surface area contributed by atoms with Crippen LogP contribution in [0.3, 0.4) is 0 Å². The normalized spacial score (nSPS) is 12.8. The van der Waals surface area contributed by atoms with Gasteiger partial charge in [-0.1, -0.05) is 12.1 Å². The van der Waals surface area contributed by atoms with Crippen molar-refractivity contribution in [2.45, 2.75) is 13.0 Å². The van der Waals surface area contributed by atoms with Crippen molar-refractivity contribution in [3.63, 3.8) is 0 Å². The molecule has 0 aliphatic carbocycles. The molecule has 1 aromatic heterocycles. The molecule has 0 saturated heterocycles. The third-order valence-electron chi connectivity index (χ3n) is 2.44. The van der Waals surface area contributed by atoms with Crippen molar-refractivity contribution in [3.05, 3.63) is 55.9 Å². The second kappa shape index (κ2) is 4.65. The molecule has 1 nitrogen and oxygen atoms in total. The van der Waals surface area contributed by atoms with E-state index in [0.717, 1.165) is 14.2 Å². The van der Waals surface area contributed by atoms with Crippen LogP contribution in [0.1, 0.15) is 22.0 Å². The minimum atomic E-state index is -0.191. The molecule has 4 heteroatoms. The molecule has 0 saturated carbocycles. The zero-order valence-electron chi connectivity index (χ0n) is 8.71. The van der Waals surface area contributed by atoms with E-state index in [1.165, 1.54) is 6.07 Å². The van der Waals surface area contributed by atoms with E-state index >= 15 is 0 Å². The third kappa shape index (κ3) is 2.34.